The zero-order valence-electron chi connectivity index (χ0n) is 15.0. The van der Waals surface area contributed by atoms with Gasteiger partial charge >= 0.3 is 0 Å². The van der Waals surface area contributed by atoms with Crippen molar-refractivity contribution in [1.82, 2.24) is 0 Å². The van der Waals surface area contributed by atoms with Gasteiger partial charge in [-0.1, -0.05) is 16.2 Å². The van der Waals surface area contributed by atoms with Crippen LogP contribution >= 0.6 is 12.0 Å². The van der Waals surface area contributed by atoms with E-state index in [9.17, 15) is 0 Å². The number of hydrogen-bond donors (Lipinski definition) is 1. The Hall–Kier alpha value is -0.880. The van der Waals surface area contributed by atoms with E-state index in [0.717, 1.165) is 25.0 Å². The summed E-state index contributed by atoms with van der Waals surface area (Å²) >= 11 is 1.11. The quantitative estimate of drug-likeness (QED) is 0.265. The van der Waals surface area contributed by atoms with Gasteiger partial charge in [-0.05, 0) is 45.8 Å². The molecule has 5 heteroatoms. The number of allylic oxidation sites excluding steroid dienone is 4. The van der Waals surface area contributed by atoms with E-state index >= 15 is 0 Å². The minimum Gasteiger partial charge on any atom is -0.221 e. The number of nitrogens with zero attached hydrogens (tertiary/aromatic N) is 1. The maximum atomic E-state index is 8.38. The first-order chi connectivity index (χ1) is 10.8. The first-order valence-electron chi connectivity index (χ1n) is 8.10. The Kier molecular flexibility index (Phi) is 5.89. The van der Waals surface area contributed by atoms with Crippen molar-refractivity contribution in [3.05, 3.63) is 33.9 Å². The van der Waals surface area contributed by atoms with Gasteiger partial charge in [0.15, 0.2) is 5.54 Å². The summed E-state index contributed by atoms with van der Waals surface area (Å²) in [7, 11) is 0. The van der Waals surface area contributed by atoms with E-state index < -0.39 is 0 Å². The molecule has 0 aromatic rings. The Labute approximate surface area is 143 Å². The fourth-order valence-corrected chi connectivity index (χ4v) is 4.11. The van der Waals surface area contributed by atoms with Crippen molar-refractivity contribution < 1.29 is 19.2 Å². The summed E-state index contributed by atoms with van der Waals surface area (Å²) in [4.78, 5) is 0. The average molecular weight is 338 g/mol. The highest BCUT2D eigenvalue weighted by Gasteiger charge is 2.42. The smallest absolute Gasteiger partial charge is 0.211 e. The molecule has 0 unspecified atom stereocenters. The highest BCUT2D eigenvalue weighted by Crippen LogP contribution is 2.37. The van der Waals surface area contributed by atoms with Gasteiger partial charge in [0.05, 0.1) is 0 Å². The van der Waals surface area contributed by atoms with Crippen LogP contribution in [0.15, 0.2) is 33.9 Å². The second-order valence-corrected chi connectivity index (χ2v) is 7.85. The highest BCUT2D eigenvalue weighted by atomic mass is 32.2. The third kappa shape index (κ3) is 3.79. The minimum atomic E-state index is -0.0363. The molecule has 0 aromatic carbocycles. The molecule has 0 aromatic heterocycles. The highest BCUT2D eigenvalue weighted by molar-refractivity contribution is 7.94. The van der Waals surface area contributed by atoms with Crippen LogP contribution in [-0.4, -0.2) is 33.4 Å². The maximum Gasteiger partial charge on any atom is 0.211 e. The van der Waals surface area contributed by atoms with Gasteiger partial charge in [0, 0.05) is 49.2 Å². The van der Waals surface area contributed by atoms with E-state index in [0.29, 0.717) is 5.75 Å². The minimum absolute atomic E-state index is 0.0363. The molecule has 2 heterocycles. The molecular weight excluding hydrogens is 310 g/mol. The van der Waals surface area contributed by atoms with E-state index in [1.54, 1.807) is 0 Å². The van der Waals surface area contributed by atoms with Crippen LogP contribution in [0, 0.1) is 0 Å². The molecular formula is C18H28NO3S+. The van der Waals surface area contributed by atoms with E-state index in [4.69, 9.17) is 5.26 Å². The summed E-state index contributed by atoms with van der Waals surface area (Å²) in [6, 6.07) is 0. The molecule has 0 fully saturated rings. The van der Waals surface area contributed by atoms with E-state index in [-0.39, 0.29) is 5.54 Å². The predicted molar refractivity (Wildman–Crippen MR) is 95.5 cm³/mol. The molecule has 2 rings (SSSR count). The van der Waals surface area contributed by atoms with Crippen LogP contribution in [0.25, 0.3) is 0 Å². The van der Waals surface area contributed by atoms with Crippen molar-refractivity contribution in [3.8, 4) is 0 Å². The van der Waals surface area contributed by atoms with Gasteiger partial charge in [0.25, 0.3) is 0 Å². The zero-order valence-corrected chi connectivity index (χ0v) is 15.8. The van der Waals surface area contributed by atoms with Crippen molar-refractivity contribution in [3.63, 3.8) is 0 Å². The predicted octanol–water partition coefficient (Wildman–Crippen LogP) is 4.69. The van der Waals surface area contributed by atoms with Crippen molar-refractivity contribution >= 4 is 17.8 Å². The van der Waals surface area contributed by atoms with E-state index in [1.165, 1.54) is 40.0 Å². The molecule has 2 aliphatic heterocycles. The van der Waals surface area contributed by atoms with Crippen LogP contribution in [0.5, 0.6) is 0 Å². The van der Waals surface area contributed by atoms with Crippen LogP contribution in [0.4, 0.5) is 0 Å². The fourth-order valence-electron chi connectivity index (χ4n) is 3.67. The first-order valence-corrected chi connectivity index (χ1v) is 9.01. The summed E-state index contributed by atoms with van der Waals surface area (Å²) in [5.41, 5.74) is 8.06. The van der Waals surface area contributed by atoms with Gasteiger partial charge in [0.1, 0.15) is 6.54 Å². The maximum absolute atomic E-state index is 8.38. The molecule has 1 N–H and O–H groups in total. The van der Waals surface area contributed by atoms with Crippen molar-refractivity contribution in [2.75, 3.05) is 12.3 Å². The van der Waals surface area contributed by atoms with Gasteiger partial charge in [-0.3, -0.25) is 0 Å². The molecule has 0 bridgehead atoms. The van der Waals surface area contributed by atoms with Gasteiger partial charge in [-0.15, -0.1) is 4.33 Å². The van der Waals surface area contributed by atoms with Crippen LogP contribution in [0.2, 0.25) is 0 Å². The molecule has 0 saturated heterocycles. The Bertz CT molecular complexity index is 604. The first kappa shape index (κ1) is 18.5. The topological polar surface area (TPSA) is 41.7 Å². The molecule has 4 nitrogen and oxygen atoms in total. The Morgan fingerprint density at radius 3 is 2.52 bits per heavy atom. The molecule has 0 saturated carbocycles. The third-order valence-electron chi connectivity index (χ3n) is 4.54. The van der Waals surface area contributed by atoms with Gasteiger partial charge in [0.2, 0.25) is 5.71 Å². The zero-order chi connectivity index (χ0) is 17.2. The Balaban J connectivity index is 2.58. The lowest BCUT2D eigenvalue weighted by molar-refractivity contribution is -0.590. The lowest BCUT2D eigenvalue weighted by Gasteiger charge is -2.34. The lowest BCUT2D eigenvalue weighted by atomic mass is 9.80. The second kappa shape index (κ2) is 7.34. The molecule has 128 valence electrons. The van der Waals surface area contributed by atoms with Crippen molar-refractivity contribution in [2.24, 2.45) is 0 Å². The molecule has 0 atom stereocenters. The summed E-state index contributed by atoms with van der Waals surface area (Å²) in [6.45, 7) is 14.3. The molecule has 23 heavy (non-hydrogen) atoms. The Morgan fingerprint density at radius 1 is 1.26 bits per heavy atom. The van der Waals surface area contributed by atoms with Gasteiger partial charge in [-0.2, -0.15) is 0 Å². The second-order valence-electron chi connectivity index (χ2n) is 7.19. The summed E-state index contributed by atoms with van der Waals surface area (Å²) in [5.74, 6) is 0.637. The molecule has 0 aliphatic carbocycles. The molecule has 2 aliphatic rings. The standard InChI is InChI=1S/C18H27NO3S/c1-12(2)15-8-7-9-19-17(15)16(13(3)4)14(10-18(19,5)6)11-23-22-21-20/h10H,7-9,11H2,1-6H3/p+1. The lowest BCUT2D eigenvalue weighted by Crippen LogP contribution is -2.46. The van der Waals surface area contributed by atoms with Crippen LogP contribution < -0.4 is 0 Å². The fraction of sp³-hybridized carbons (Fsp3) is 0.611. The van der Waals surface area contributed by atoms with Gasteiger partial charge < -0.3 is 0 Å². The van der Waals surface area contributed by atoms with Crippen molar-refractivity contribution in [2.45, 2.75) is 59.9 Å². The average Bonchev–Trinajstić information content (AvgIpc) is 2.46. The largest absolute Gasteiger partial charge is 0.221 e. The summed E-state index contributed by atoms with van der Waals surface area (Å²) < 4.78 is 7.16. The molecule has 0 spiro atoms. The van der Waals surface area contributed by atoms with Gasteiger partial charge in [-0.25, -0.2) is 9.83 Å². The van der Waals surface area contributed by atoms with E-state index in [2.05, 4.69) is 61.6 Å². The van der Waals surface area contributed by atoms with Crippen LogP contribution in [-0.2, 0) is 9.37 Å². The van der Waals surface area contributed by atoms with Crippen LogP contribution in [0.3, 0.4) is 0 Å². The third-order valence-corrected chi connectivity index (χ3v) is 5.13. The molecule has 0 amide bonds. The van der Waals surface area contributed by atoms with Crippen molar-refractivity contribution in [1.29, 1.82) is 0 Å². The van der Waals surface area contributed by atoms with Crippen LogP contribution in [0.1, 0.15) is 54.4 Å². The summed E-state index contributed by atoms with van der Waals surface area (Å²) in [6.07, 6.45) is 4.65. The summed E-state index contributed by atoms with van der Waals surface area (Å²) in [5, 5.41) is 12.1. The normalized spacial score (nSPS) is 20.4. The van der Waals surface area contributed by atoms with E-state index in [1.807, 2.05) is 0 Å². The monoisotopic (exact) mass is 338 g/mol. The molecule has 0 radical (unpaired) electrons. The number of rotatable bonds is 4. The SMILES string of the molecule is CC(C)=C1CCC[N+]2=C1C(=C(C)C)C(CSOOO)=CC2(C)C. The Morgan fingerprint density at radius 2 is 1.96 bits per heavy atom. The number of hydrogen-bond acceptors (Lipinski definition) is 4.